The molecule has 0 amide bonds. The fraction of sp³-hybridized carbons (Fsp3) is 0.611. The molecular formula is C18H28NO. The first-order chi connectivity index (χ1) is 9.88. The highest BCUT2D eigenvalue weighted by Crippen LogP contribution is 2.11. The number of benzene rings is 1. The van der Waals surface area contributed by atoms with Gasteiger partial charge in [0.1, 0.15) is 0 Å². The number of unbranched alkanes of at least 4 members (excludes halogenated alkanes) is 5. The molecule has 0 bridgehead atoms. The van der Waals surface area contributed by atoms with E-state index in [-0.39, 0.29) is 0 Å². The van der Waals surface area contributed by atoms with Crippen molar-refractivity contribution in [1.29, 1.82) is 0 Å². The largest absolute Gasteiger partial charge is 0.317 e. The molecule has 0 heterocycles. The van der Waals surface area contributed by atoms with Gasteiger partial charge in [-0.3, -0.25) is 4.79 Å². The molecule has 0 aliphatic rings. The van der Waals surface area contributed by atoms with Crippen molar-refractivity contribution in [3.8, 4) is 0 Å². The number of carbonyl (C=O) groups excluding carboxylic acids is 1. The first-order valence-corrected chi connectivity index (χ1v) is 8.05. The average Bonchev–Trinajstić information content (AvgIpc) is 2.49. The second-order valence-electron chi connectivity index (χ2n) is 5.38. The molecule has 111 valence electrons. The summed E-state index contributed by atoms with van der Waals surface area (Å²) in [7, 11) is 0. The van der Waals surface area contributed by atoms with Crippen molar-refractivity contribution in [3.63, 3.8) is 0 Å². The predicted molar refractivity (Wildman–Crippen MR) is 85.8 cm³/mol. The van der Waals surface area contributed by atoms with Gasteiger partial charge < -0.3 is 5.32 Å². The molecule has 0 spiro atoms. The van der Waals surface area contributed by atoms with E-state index >= 15 is 0 Å². The Kier molecular flexibility index (Phi) is 9.85. The van der Waals surface area contributed by atoms with Crippen LogP contribution < -0.4 is 5.32 Å². The highest BCUT2D eigenvalue weighted by Gasteiger charge is 2.00. The van der Waals surface area contributed by atoms with Gasteiger partial charge in [0, 0.05) is 5.56 Å². The zero-order valence-electron chi connectivity index (χ0n) is 12.8. The monoisotopic (exact) mass is 274 g/mol. The van der Waals surface area contributed by atoms with Gasteiger partial charge in [0.05, 0.1) is 0 Å². The third kappa shape index (κ3) is 7.44. The van der Waals surface area contributed by atoms with Gasteiger partial charge in [0.2, 0.25) is 6.29 Å². The van der Waals surface area contributed by atoms with Crippen molar-refractivity contribution in [3.05, 3.63) is 35.4 Å². The zero-order valence-corrected chi connectivity index (χ0v) is 12.8. The minimum Gasteiger partial charge on any atom is -0.317 e. The van der Waals surface area contributed by atoms with Gasteiger partial charge in [-0.1, -0.05) is 56.9 Å². The number of hydrogen-bond donors (Lipinski definition) is 1. The molecule has 0 aliphatic carbocycles. The summed E-state index contributed by atoms with van der Waals surface area (Å²) in [5, 5.41) is 3.50. The summed E-state index contributed by atoms with van der Waals surface area (Å²) in [6, 6.07) is 7.78. The van der Waals surface area contributed by atoms with E-state index in [1.54, 1.807) is 0 Å². The second kappa shape index (κ2) is 11.7. The highest BCUT2D eigenvalue weighted by molar-refractivity contribution is 5.77. The molecule has 2 nitrogen and oxygen atoms in total. The van der Waals surface area contributed by atoms with Crippen LogP contribution in [0.25, 0.3) is 0 Å². The molecule has 0 saturated heterocycles. The van der Waals surface area contributed by atoms with E-state index in [4.69, 9.17) is 0 Å². The lowest BCUT2D eigenvalue weighted by atomic mass is 10.0. The Hall–Kier alpha value is -1.15. The lowest BCUT2D eigenvalue weighted by Gasteiger charge is -2.05. The molecule has 0 aliphatic heterocycles. The molecule has 1 radical (unpaired) electrons. The van der Waals surface area contributed by atoms with Crippen LogP contribution in [0, 0.1) is 0 Å². The van der Waals surface area contributed by atoms with Gasteiger partial charge in [-0.05, 0) is 44.3 Å². The molecule has 0 fully saturated rings. The van der Waals surface area contributed by atoms with E-state index in [9.17, 15) is 4.79 Å². The summed E-state index contributed by atoms with van der Waals surface area (Å²) in [6.45, 7) is 4.54. The highest BCUT2D eigenvalue weighted by atomic mass is 16.1. The zero-order chi connectivity index (χ0) is 14.5. The molecule has 0 unspecified atom stereocenters. The molecule has 20 heavy (non-hydrogen) atoms. The first kappa shape index (κ1) is 16.9. The van der Waals surface area contributed by atoms with Crippen molar-refractivity contribution in [1.82, 2.24) is 5.32 Å². The third-order valence-corrected chi connectivity index (χ3v) is 3.63. The number of nitrogens with one attached hydrogen (secondary N) is 1. The van der Waals surface area contributed by atoms with Gasteiger partial charge >= 0.3 is 0 Å². The fourth-order valence-corrected chi connectivity index (χ4v) is 2.38. The van der Waals surface area contributed by atoms with Crippen LogP contribution in [-0.4, -0.2) is 19.4 Å². The smallest absolute Gasteiger partial charge is 0.233 e. The Labute approximate surface area is 124 Å². The van der Waals surface area contributed by atoms with Crippen molar-refractivity contribution >= 4 is 6.29 Å². The standard InChI is InChI=1S/C18H28NO/c1-2-3-9-14-19-15-10-5-4-6-11-17-12-7-8-13-18(17)16-20/h7-8,12-13,19H,2-6,9-11,14-15H2,1H3. The van der Waals surface area contributed by atoms with Crippen molar-refractivity contribution in [2.24, 2.45) is 0 Å². The number of rotatable bonds is 12. The normalized spacial score (nSPS) is 10.7. The maximum absolute atomic E-state index is 10.8. The topological polar surface area (TPSA) is 29.1 Å². The number of hydrogen-bond acceptors (Lipinski definition) is 2. The molecule has 1 N–H and O–H groups in total. The first-order valence-electron chi connectivity index (χ1n) is 8.05. The number of aryl methyl sites for hydroxylation is 1. The molecule has 1 rings (SSSR count). The van der Waals surface area contributed by atoms with Crippen LogP contribution in [-0.2, 0) is 11.2 Å². The molecule has 0 saturated carbocycles. The van der Waals surface area contributed by atoms with Gasteiger partial charge in [0.15, 0.2) is 0 Å². The Morgan fingerprint density at radius 3 is 2.40 bits per heavy atom. The van der Waals surface area contributed by atoms with Gasteiger partial charge in [-0.15, -0.1) is 0 Å². The van der Waals surface area contributed by atoms with Crippen LogP contribution in [0.1, 0.15) is 63.0 Å². The maximum atomic E-state index is 10.8. The SMILES string of the molecule is CCCCCNCCCCCCc1ccccc1[C]=O. The van der Waals surface area contributed by atoms with Gasteiger partial charge in [-0.2, -0.15) is 0 Å². The summed E-state index contributed by atoms with van der Waals surface area (Å²) in [5.41, 5.74) is 1.87. The average molecular weight is 274 g/mol. The Bertz CT molecular complexity index is 362. The van der Waals surface area contributed by atoms with Crippen molar-refractivity contribution in [2.75, 3.05) is 13.1 Å². The minimum atomic E-state index is 0.727. The fourth-order valence-electron chi connectivity index (χ4n) is 2.38. The van der Waals surface area contributed by atoms with E-state index in [1.807, 2.05) is 30.6 Å². The van der Waals surface area contributed by atoms with Crippen LogP contribution in [0.4, 0.5) is 0 Å². The van der Waals surface area contributed by atoms with Crippen LogP contribution in [0.5, 0.6) is 0 Å². The molecule has 2 heteroatoms. The lowest BCUT2D eigenvalue weighted by molar-refractivity contribution is 0.560. The lowest BCUT2D eigenvalue weighted by Crippen LogP contribution is -2.16. The Morgan fingerprint density at radius 2 is 1.65 bits per heavy atom. The third-order valence-electron chi connectivity index (χ3n) is 3.63. The maximum Gasteiger partial charge on any atom is 0.233 e. The molecular weight excluding hydrogens is 246 g/mol. The summed E-state index contributed by atoms with van der Waals surface area (Å²) >= 11 is 0. The minimum absolute atomic E-state index is 0.727. The summed E-state index contributed by atoms with van der Waals surface area (Å²) in [5.74, 6) is 0. The van der Waals surface area contributed by atoms with E-state index in [2.05, 4.69) is 12.2 Å². The van der Waals surface area contributed by atoms with Gasteiger partial charge in [0.25, 0.3) is 0 Å². The van der Waals surface area contributed by atoms with E-state index in [0.29, 0.717) is 0 Å². The van der Waals surface area contributed by atoms with Crippen LogP contribution in [0.2, 0.25) is 0 Å². The molecule has 0 aromatic heterocycles. The van der Waals surface area contributed by atoms with E-state index < -0.39 is 0 Å². The molecule has 1 aromatic rings. The summed E-state index contributed by atoms with van der Waals surface area (Å²) in [6.07, 6.45) is 11.9. The molecule has 1 aromatic carbocycles. The van der Waals surface area contributed by atoms with Crippen LogP contribution in [0.15, 0.2) is 24.3 Å². The Balaban J connectivity index is 1.98. The quantitative estimate of drug-likeness (QED) is 0.583. The summed E-state index contributed by atoms with van der Waals surface area (Å²) in [4.78, 5) is 10.8. The van der Waals surface area contributed by atoms with E-state index in [0.717, 1.165) is 37.1 Å². The predicted octanol–water partition coefficient (Wildman–Crippen LogP) is 4.03. The van der Waals surface area contributed by atoms with Crippen LogP contribution in [0.3, 0.4) is 0 Å². The Morgan fingerprint density at radius 1 is 0.950 bits per heavy atom. The van der Waals surface area contributed by atoms with Crippen molar-refractivity contribution in [2.45, 2.75) is 58.3 Å². The van der Waals surface area contributed by atoms with Gasteiger partial charge in [-0.25, -0.2) is 0 Å². The van der Waals surface area contributed by atoms with E-state index in [1.165, 1.54) is 38.5 Å². The summed E-state index contributed by atoms with van der Waals surface area (Å²) < 4.78 is 0. The van der Waals surface area contributed by atoms with Crippen LogP contribution >= 0.6 is 0 Å². The van der Waals surface area contributed by atoms with Crippen molar-refractivity contribution < 1.29 is 4.79 Å². The second-order valence-corrected chi connectivity index (χ2v) is 5.38. The molecule has 0 atom stereocenters.